The van der Waals surface area contributed by atoms with Crippen LogP contribution in [0.1, 0.15) is 0 Å². The molecule has 1 atom stereocenters. The second kappa shape index (κ2) is 5.92. The predicted molar refractivity (Wildman–Crippen MR) is 60.5 cm³/mol. The fourth-order valence-corrected chi connectivity index (χ4v) is 1.22. The number of rotatable bonds is 3. The third-order valence-electron chi connectivity index (χ3n) is 1.96. The van der Waals surface area contributed by atoms with E-state index in [9.17, 15) is 18.0 Å². The molecule has 100 valence electrons. The van der Waals surface area contributed by atoms with Crippen molar-refractivity contribution in [3.8, 4) is 0 Å². The molecule has 1 aromatic rings. The van der Waals surface area contributed by atoms with Crippen LogP contribution >= 0.6 is 11.6 Å². The highest BCUT2D eigenvalue weighted by atomic mass is 35.5. The lowest BCUT2D eigenvalue weighted by molar-refractivity contribution is -0.201. The van der Waals surface area contributed by atoms with Gasteiger partial charge in [0.15, 0.2) is 6.10 Å². The topological polar surface area (TPSA) is 61.4 Å². The van der Waals surface area contributed by atoms with E-state index in [1.807, 2.05) is 5.32 Å². The van der Waals surface area contributed by atoms with E-state index < -0.39 is 24.9 Å². The van der Waals surface area contributed by atoms with Crippen molar-refractivity contribution in [3.05, 3.63) is 29.3 Å². The van der Waals surface area contributed by atoms with Gasteiger partial charge in [-0.05, 0) is 12.1 Å². The van der Waals surface area contributed by atoms with E-state index in [0.717, 1.165) is 0 Å². The SMILES string of the molecule is O=C(NCC(O)C(F)(F)F)Nc1ccccc1Cl. The van der Waals surface area contributed by atoms with Gasteiger partial charge in [-0.15, -0.1) is 0 Å². The van der Waals surface area contributed by atoms with E-state index >= 15 is 0 Å². The molecule has 3 N–H and O–H groups in total. The van der Waals surface area contributed by atoms with Crippen LogP contribution in [0.2, 0.25) is 5.02 Å². The van der Waals surface area contributed by atoms with Crippen molar-refractivity contribution in [2.24, 2.45) is 0 Å². The summed E-state index contributed by atoms with van der Waals surface area (Å²) in [6.45, 7) is -0.931. The van der Waals surface area contributed by atoms with E-state index in [1.165, 1.54) is 12.1 Å². The van der Waals surface area contributed by atoms with Crippen LogP contribution in [0.5, 0.6) is 0 Å². The van der Waals surface area contributed by atoms with Crippen molar-refractivity contribution in [2.45, 2.75) is 12.3 Å². The Bertz CT molecular complexity index is 426. The number of carbonyl (C=O) groups excluding carboxylic acids is 1. The third kappa shape index (κ3) is 4.42. The summed E-state index contributed by atoms with van der Waals surface area (Å²) in [6.07, 6.45) is -7.37. The Kier molecular flexibility index (Phi) is 4.80. The van der Waals surface area contributed by atoms with Crippen LogP contribution in [-0.4, -0.2) is 30.0 Å². The number of para-hydroxylation sites is 1. The Labute approximate surface area is 106 Å². The molecule has 0 aliphatic carbocycles. The minimum Gasteiger partial charge on any atom is -0.382 e. The fraction of sp³-hybridized carbons (Fsp3) is 0.300. The molecule has 0 aromatic heterocycles. The number of urea groups is 1. The standard InChI is InChI=1S/C10H10ClF3N2O2/c11-6-3-1-2-4-7(6)16-9(18)15-5-8(17)10(12,13)14/h1-4,8,17H,5H2,(H2,15,16,18). The molecule has 8 heteroatoms. The number of carbonyl (C=O) groups is 1. The summed E-state index contributed by atoms with van der Waals surface area (Å²) in [7, 11) is 0. The maximum absolute atomic E-state index is 11.9. The molecule has 18 heavy (non-hydrogen) atoms. The molecule has 0 bridgehead atoms. The van der Waals surface area contributed by atoms with Gasteiger partial charge in [-0.25, -0.2) is 4.79 Å². The molecule has 0 radical (unpaired) electrons. The van der Waals surface area contributed by atoms with Crippen LogP contribution < -0.4 is 10.6 Å². The van der Waals surface area contributed by atoms with Gasteiger partial charge < -0.3 is 15.7 Å². The van der Waals surface area contributed by atoms with Gasteiger partial charge in [0.1, 0.15) is 0 Å². The molecule has 0 saturated carbocycles. The first kappa shape index (κ1) is 14.6. The lowest BCUT2D eigenvalue weighted by Crippen LogP contribution is -2.42. The second-order valence-corrected chi connectivity index (χ2v) is 3.78. The average molecular weight is 283 g/mol. The maximum Gasteiger partial charge on any atom is 0.416 e. The summed E-state index contributed by atoms with van der Waals surface area (Å²) in [5, 5.41) is 13.1. The number of nitrogens with one attached hydrogen (secondary N) is 2. The fourth-order valence-electron chi connectivity index (χ4n) is 1.03. The minimum atomic E-state index is -4.77. The van der Waals surface area contributed by atoms with Crippen molar-refractivity contribution < 1.29 is 23.1 Å². The van der Waals surface area contributed by atoms with Gasteiger partial charge in [-0.3, -0.25) is 0 Å². The van der Waals surface area contributed by atoms with E-state index in [-0.39, 0.29) is 10.7 Å². The second-order valence-electron chi connectivity index (χ2n) is 3.37. The van der Waals surface area contributed by atoms with Crippen LogP contribution in [0.4, 0.5) is 23.7 Å². The first-order chi connectivity index (χ1) is 8.30. The smallest absolute Gasteiger partial charge is 0.382 e. The van der Waals surface area contributed by atoms with Crippen LogP contribution in [-0.2, 0) is 0 Å². The number of aliphatic hydroxyl groups excluding tert-OH is 1. The van der Waals surface area contributed by atoms with Gasteiger partial charge in [0.2, 0.25) is 0 Å². The normalized spacial score (nSPS) is 12.9. The lowest BCUT2D eigenvalue weighted by Gasteiger charge is -2.15. The summed E-state index contributed by atoms with van der Waals surface area (Å²) < 4.78 is 35.8. The molecule has 0 aliphatic rings. The lowest BCUT2D eigenvalue weighted by atomic mass is 10.3. The van der Waals surface area contributed by atoms with Crippen LogP contribution in [0.15, 0.2) is 24.3 Å². The van der Waals surface area contributed by atoms with Gasteiger partial charge in [0.25, 0.3) is 0 Å². The molecule has 0 aliphatic heterocycles. The zero-order chi connectivity index (χ0) is 13.8. The van der Waals surface area contributed by atoms with Gasteiger partial charge in [-0.2, -0.15) is 13.2 Å². The van der Waals surface area contributed by atoms with Crippen molar-refractivity contribution in [1.82, 2.24) is 5.32 Å². The highest BCUT2D eigenvalue weighted by Gasteiger charge is 2.38. The van der Waals surface area contributed by atoms with E-state index in [4.69, 9.17) is 16.7 Å². The molecule has 1 unspecified atom stereocenters. The Morgan fingerprint density at radius 2 is 2.00 bits per heavy atom. The molecule has 0 spiro atoms. The van der Waals surface area contributed by atoms with Gasteiger partial charge >= 0.3 is 12.2 Å². The first-order valence-electron chi connectivity index (χ1n) is 4.85. The quantitative estimate of drug-likeness (QED) is 0.797. The number of hydrogen-bond acceptors (Lipinski definition) is 2. The predicted octanol–water partition coefficient (Wildman–Crippen LogP) is 2.38. The largest absolute Gasteiger partial charge is 0.416 e. The molecule has 4 nitrogen and oxygen atoms in total. The van der Waals surface area contributed by atoms with Crippen LogP contribution in [0, 0.1) is 0 Å². The summed E-state index contributed by atoms with van der Waals surface area (Å²) in [4.78, 5) is 11.2. The van der Waals surface area contributed by atoms with Gasteiger partial charge in [0, 0.05) is 0 Å². The highest BCUT2D eigenvalue weighted by molar-refractivity contribution is 6.33. The van der Waals surface area contributed by atoms with E-state index in [1.54, 1.807) is 12.1 Å². The van der Waals surface area contributed by atoms with Crippen molar-refractivity contribution in [2.75, 3.05) is 11.9 Å². The summed E-state index contributed by atoms with van der Waals surface area (Å²) in [6, 6.07) is 5.36. The Hall–Kier alpha value is -1.47. The Balaban J connectivity index is 2.46. The molecule has 1 aromatic carbocycles. The zero-order valence-electron chi connectivity index (χ0n) is 8.96. The van der Waals surface area contributed by atoms with Gasteiger partial charge in [0.05, 0.1) is 17.3 Å². The summed E-state index contributed by atoms with van der Waals surface area (Å²) in [5.74, 6) is 0. The number of amides is 2. The molecule has 0 heterocycles. The van der Waals surface area contributed by atoms with Crippen molar-refractivity contribution in [1.29, 1.82) is 0 Å². The minimum absolute atomic E-state index is 0.254. The highest BCUT2D eigenvalue weighted by Crippen LogP contribution is 2.21. The molecule has 0 fully saturated rings. The van der Waals surface area contributed by atoms with Crippen molar-refractivity contribution in [3.63, 3.8) is 0 Å². The van der Waals surface area contributed by atoms with Crippen molar-refractivity contribution >= 4 is 23.3 Å². The molecule has 0 saturated heterocycles. The number of anilines is 1. The monoisotopic (exact) mass is 282 g/mol. The molecule has 1 rings (SSSR count). The maximum atomic E-state index is 11.9. The average Bonchev–Trinajstić information content (AvgIpc) is 2.27. The van der Waals surface area contributed by atoms with E-state index in [2.05, 4.69) is 5.32 Å². The summed E-state index contributed by atoms with van der Waals surface area (Å²) >= 11 is 5.73. The number of hydrogen-bond donors (Lipinski definition) is 3. The van der Waals surface area contributed by atoms with Gasteiger partial charge in [-0.1, -0.05) is 23.7 Å². The van der Waals surface area contributed by atoms with E-state index in [0.29, 0.717) is 0 Å². The number of alkyl halides is 3. The molecule has 2 amide bonds. The number of benzene rings is 1. The Morgan fingerprint density at radius 3 is 2.56 bits per heavy atom. The van der Waals surface area contributed by atoms with Crippen LogP contribution in [0.3, 0.4) is 0 Å². The Morgan fingerprint density at radius 1 is 1.39 bits per heavy atom. The number of aliphatic hydroxyl groups is 1. The number of halogens is 4. The summed E-state index contributed by atoms with van der Waals surface area (Å²) in [5.41, 5.74) is 0.262. The van der Waals surface area contributed by atoms with Crippen LogP contribution in [0.25, 0.3) is 0 Å². The third-order valence-corrected chi connectivity index (χ3v) is 2.29. The molecular formula is C10H10ClF3N2O2. The zero-order valence-corrected chi connectivity index (χ0v) is 9.72. The molecular weight excluding hydrogens is 273 g/mol. The first-order valence-corrected chi connectivity index (χ1v) is 5.22.